The minimum Gasteiger partial charge on any atom is -0.480 e. The van der Waals surface area contributed by atoms with Crippen LogP contribution in [0.25, 0.3) is 0 Å². The van der Waals surface area contributed by atoms with Crippen LogP contribution in [0.15, 0.2) is 0 Å². The molecule has 0 aromatic heterocycles. The SMILES string of the molecule is O=C(CCCCC(S)CCS)N[C@@H](CS)C(=O)O.[Zn]. The van der Waals surface area contributed by atoms with Crippen molar-refractivity contribution >= 4 is 49.8 Å². The molecule has 0 aliphatic rings. The maximum atomic E-state index is 11.4. The van der Waals surface area contributed by atoms with Gasteiger partial charge in [-0.15, -0.1) is 0 Å². The Labute approximate surface area is 143 Å². The van der Waals surface area contributed by atoms with Crippen LogP contribution in [0.5, 0.6) is 0 Å². The van der Waals surface area contributed by atoms with Gasteiger partial charge in [-0.3, -0.25) is 4.79 Å². The van der Waals surface area contributed by atoms with Gasteiger partial charge in [-0.1, -0.05) is 6.42 Å². The van der Waals surface area contributed by atoms with Crippen molar-refractivity contribution in [2.75, 3.05) is 11.5 Å². The number of nitrogens with one attached hydrogen (secondary N) is 1. The predicted molar refractivity (Wildman–Crippen MR) is 83.1 cm³/mol. The summed E-state index contributed by atoms with van der Waals surface area (Å²) >= 11 is 12.4. The summed E-state index contributed by atoms with van der Waals surface area (Å²) in [5.74, 6) is -0.373. The van der Waals surface area contributed by atoms with E-state index in [0.29, 0.717) is 11.7 Å². The Morgan fingerprint density at radius 2 is 1.79 bits per heavy atom. The molecule has 0 bridgehead atoms. The summed E-state index contributed by atoms with van der Waals surface area (Å²) in [6.45, 7) is 0. The molecular formula is C11H21NO3S3Zn. The van der Waals surface area contributed by atoms with Gasteiger partial charge in [-0.2, -0.15) is 37.9 Å². The molecule has 2 N–H and O–H groups in total. The number of carbonyl (C=O) groups is 2. The first kappa shape index (κ1) is 21.9. The Balaban J connectivity index is 0. The minimum atomic E-state index is -1.05. The Kier molecular flexibility index (Phi) is 15.7. The van der Waals surface area contributed by atoms with Crippen LogP contribution < -0.4 is 5.32 Å². The fraction of sp³-hybridized carbons (Fsp3) is 0.818. The van der Waals surface area contributed by atoms with Crippen LogP contribution >= 0.6 is 37.9 Å². The largest absolute Gasteiger partial charge is 0.480 e. The smallest absolute Gasteiger partial charge is 0.327 e. The first-order chi connectivity index (χ1) is 8.51. The van der Waals surface area contributed by atoms with Gasteiger partial charge in [-0.25, -0.2) is 4.79 Å². The molecule has 0 radical (unpaired) electrons. The number of hydrogen-bond acceptors (Lipinski definition) is 5. The maximum absolute atomic E-state index is 11.4. The zero-order chi connectivity index (χ0) is 14.0. The molecule has 2 atom stereocenters. The molecule has 19 heavy (non-hydrogen) atoms. The molecule has 108 valence electrons. The molecule has 0 saturated carbocycles. The Morgan fingerprint density at radius 1 is 1.16 bits per heavy atom. The molecule has 8 heteroatoms. The molecule has 0 aliphatic carbocycles. The van der Waals surface area contributed by atoms with E-state index in [9.17, 15) is 9.59 Å². The average molecular weight is 377 g/mol. The third-order valence-corrected chi connectivity index (χ3v) is 3.61. The van der Waals surface area contributed by atoms with E-state index in [1.54, 1.807) is 0 Å². The quantitative estimate of drug-likeness (QED) is 0.229. The molecule has 0 saturated heterocycles. The summed E-state index contributed by atoms with van der Waals surface area (Å²) in [5, 5.41) is 11.5. The number of rotatable bonds is 10. The minimum absolute atomic E-state index is 0. The average Bonchev–Trinajstić information content (AvgIpc) is 2.31. The zero-order valence-corrected chi connectivity index (χ0v) is 16.6. The van der Waals surface area contributed by atoms with Gasteiger partial charge in [0.1, 0.15) is 6.04 Å². The zero-order valence-electron chi connectivity index (χ0n) is 10.9. The van der Waals surface area contributed by atoms with Crippen molar-refractivity contribution < 1.29 is 34.2 Å². The van der Waals surface area contributed by atoms with Crippen LogP contribution in [0.3, 0.4) is 0 Å². The molecule has 0 heterocycles. The molecule has 0 spiro atoms. The van der Waals surface area contributed by atoms with E-state index in [1.165, 1.54) is 0 Å². The second kappa shape index (κ2) is 13.6. The van der Waals surface area contributed by atoms with Gasteiger partial charge in [0, 0.05) is 36.9 Å². The summed E-state index contributed by atoms with van der Waals surface area (Å²) in [5.41, 5.74) is 0. The van der Waals surface area contributed by atoms with Crippen molar-refractivity contribution in [1.29, 1.82) is 0 Å². The van der Waals surface area contributed by atoms with E-state index in [4.69, 9.17) is 5.11 Å². The second-order valence-electron chi connectivity index (χ2n) is 4.05. The topological polar surface area (TPSA) is 66.4 Å². The summed E-state index contributed by atoms with van der Waals surface area (Å²) < 4.78 is 0. The van der Waals surface area contributed by atoms with Crippen molar-refractivity contribution in [2.45, 2.75) is 43.4 Å². The van der Waals surface area contributed by atoms with Gasteiger partial charge in [0.15, 0.2) is 0 Å². The number of thiol groups is 3. The van der Waals surface area contributed by atoms with Crippen molar-refractivity contribution in [2.24, 2.45) is 0 Å². The van der Waals surface area contributed by atoms with E-state index in [1.807, 2.05) is 0 Å². The van der Waals surface area contributed by atoms with E-state index in [-0.39, 0.29) is 31.1 Å². The monoisotopic (exact) mass is 375 g/mol. The number of unbranched alkanes of at least 4 members (excludes halogenated alkanes) is 1. The summed E-state index contributed by atoms with van der Waals surface area (Å²) in [6, 6.07) is -0.900. The number of aliphatic carboxylic acids is 1. The van der Waals surface area contributed by atoms with Crippen LogP contribution in [0.1, 0.15) is 32.1 Å². The maximum Gasteiger partial charge on any atom is 0.327 e. The van der Waals surface area contributed by atoms with Crippen molar-refractivity contribution in [3.63, 3.8) is 0 Å². The second-order valence-corrected chi connectivity index (χ2v) is 5.60. The molecular weight excluding hydrogens is 356 g/mol. The number of amides is 1. The Hall–Kier alpha value is 0.613. The number of hydrogen-bond donors (Lipinski definition) is 5. The van der Waals surface area contributed by atoms with Gasteiger partial charge >= 0.3 is 5.97 Å². The number of carboxylic acids is 1. The van der Waals surface area contributed by atoms with Crippen molar-refractivity contribution in [1.82, 2.24) is 5.32 Å². The van der Waals surface area contributed by atoms with Gasteiger partial charge in [-0.05, 0) is 25.0 Å². The van der Waals surface area contributed by atoms with Gasteiger partial charge in [0.2, 0.25) is 5.91 Å². The van der Waals surface area contributed by atoms with Crippen LogP contribution in [-0.4, -0.2) is 39.8 Å². The molecule has 4 nitrogen and oxygen atoms in total. The normalized spacial score (nSPS) is 13.2. The number of carbonyl (C=O) groups excluding carboxylic acids is 1. The van der Waals surface area contributed by atoms with E-state index in [0.717, 1.165) is 31.4 Å². The molecule has 0 rings (SSSR count). The fourth-order valence-electron chi connectivity index (χ4n) is 1.41. The summed E-state index contributed by atoms with van der Waals surface area (Å²) in [7, 11) is 0. The van der Waals surface area contributed by atoms with Crippen molar-refractivity contribution in [3.05, 3.63) is 0 Å². The van der Waals surface area contributed by atoms with Crippen molar-refractivity contribution in [3.8, 4) is 0 Å². The van der Waals surface area contributed by atoms with E-state index < -0.39 is 12.0 Å². The number of carboxylic acid groups (broad SMARTS) is 1. The van der Waals surface area contributed by atoms with Crippen LogP contribution in [0.4, 0.5) is 0 Å². The fourth-order valence-corrected chi connectivity index (χ4v) is 2.49. The van der Waals surface area contributed by atoms with Gasteiger partial charge in [0.25, 0.3) is 0 Å². The summed E-state index contributed by atoms with van der Waals surface area (Å²) in [6.07, 6.45) is 3.91. The van der Waals surface area contributed by atoms with Crippen LogP contribution in [0, 0.1) is 0 Å². The van der Waals surface area contributed by atoms with E-state index in [2.05, 4.69) is 43.2 Å². The van der Waals surface area contributed by atoms with Crippen LogP contribution in [0.2, 0.25) is 0 Å². The first-order valence-electron chi connectivity index (χ1n) is 5.93. The molecule has 0 aromatic carbocycles. The Bertz CT molecular complexity index is 270. The molecule has 1 unspecified atom stereocenters. The summed E-state index contributed by atoms with van der Waals surface area (Å²) in [4.78, 5) is 22.1. The van der Waals surface area contributed by atoms with Crippen LogP contribution in [-0.2, 0) is 29.1 Å². The third kappa shape index (κ3) is 12.1. The first-order valence-corrected chi connectivity index (χ1v) is 7.71. The standard InChI is InChI=1S/C11H21NO3S3.Zn/c13-10(12-9(7-17)11(14)15)4-2-1-3-8(18)5-6-16;/h8-9,16-18H,1-7H2,(H,12,13)(H,14,15);/t8?,9-;/m0./s1. The Morgan fingerprint density at radius 3 is 2.26 bits per heavy atom. The molecule has 0 aromatic rings. The van der Waals surface area contributed by atoms with Gasteiger partial charge in [0.05, 0.1) is 0 Å². The molecule has 0 fully saturated rings. The van der Waals surface area contributed by atoms with E-state index >= 15 is 0 Å². The van der Waals surface area contributed by atoms with Gasteiger partial charge < -0.3 is 10.4 Å². The molecule has 1 amide bonds. The predicted octanol–water partition coefficient (Wildman–Crippen LogP) is 1.66. The third-order valence-electron chi connectivity index (χ3n) is 2.47. The molecule has 0 aliphatic heterocycles.